The van der Waals surface area contributed by atoms with Gasteiger partial charge < -0.3 is 10.6 Å². The van der Waals surface area contributed by atoms with Crippen LogP contribution in [0.3, 0.4) is 0 Å². The highest BCUT2D eigenvalue weighted by Gasteiger charge is 2.31. The Balaban J connectivity index is 2.11. The molecular formula is C12H12ClF3N4S. The molecule has 0 unspecified atom stereocenters. The molecule has 9 heteroatoms. The number of thiazole rings is 1. The third-order valence-electron chi connectivity index (χ3n) is 2.50. The molecule has 0 fully saturated rings. The number of nitrogens with zero attached hydrogens (tertiary/aromatic N) is 2. The maximum atomic E-state index is 12.5. The Kier molecular flexibility index (Phi) is 5.02. The molecule has 114 valence electrons. The Labute approximate surface area is 128 Å². The van der Waals surface area contributed by atoms with Gasteiger partial charge in [0, 0.05) is 18.1 Å². The van der Waals surface area contributed by atoms with Crippen molar-refractivity contribution in [1.82, 2.24) is 15.3 Å². The molecule has 2 aromatic heterocycles. The summed E-state index contributed by atoms with van der Waals surface area (Å²) in [6.45, 7) is 3.44. The van der Waals surface area contributed by atoms with E-state index < -0.39 is 11.7 Å². The van der Waals surface area contributed by atoms with E-state index in [2.05, 4.69) is 20.6 Å². The Morgan fingerprint density at radius 3 is 2.76 bits per heavy atom. The molecule has 0 saturated carbocycles. The predicted molar refractivity (Wildman–Crippen MR) is 77.0 cm³/mol. The Bertz CT molecular complexity index is 615. The summed E-state index contributed by atoms with van der Waals surface area (Å²) in [5.41, 5.74) is -0.0441. The van der Waals surface area contributed by atoms with Crippen LogP contribution in [0.25, 0.3) is 0 Å². The van der Waals surface area contributed by atoms with Gasteiger partial charge in [-0.25, -0.2) is 9.97 Å². The van der Waals surface area contributed by atoms with E-state index in [0.29, 0.717) is 11.7 Å². The topological polar surface area (TPSA) is 49.8 Å². The molecule has 2 N–H and O–H groups in total. The van der Waals surface area contributed by atoms with E-state index >= 15 is 0 Å². The van der Waals surface area contributed by atoms with E-state index in [1.165, 1.54) is 11.3 Å². The van der Waals surface area contributed by atoms with E-state index in [1.54, 1.807) is 0 Å². The number of rotatable bonds is 5. The Morgan fingerprint density at radius 1 is 1.38 bits per heavy atom. The van der Waals surface area contributed by atoms with E-state index in [9.17, 15) is 13.2 Å². The summed E-state index contributed by atoms with van der Waals surface area (Å²) >= 11 is 7.15. The zero-order chi connectivity index (χ0) is 15.5. The molecule has 0 bridgehead atoms. The molecule has 2 heterocycles. The van der Waals surface area contributed by atoms with Crippen molar-refractivity contribution >= 4 is 33.9 Å². The van der Waals surface area contributed by atoms with Crippen molar-refractivity contribution in [2.24, 2.45) is 0 Å². The highest BCUT2D eigenvalue weighted by Crippen LogP contribution is 2.33. The highest BCUT2D eigenvalue weighted by molar-refractivity contribution is 7.13. The first-order chi connectivity index (χ1) is 9.90. The van der Waals surface area contributed by atoms with Crippen LogP contribution in [-0.4, -0.2) is 16.5 Å². The monoisotopic (exact) mass is 336 g/mol. The van der Waals surface area contributed by atoms with Gasteiger partial charge in [-0.3, -0.25) is 0 Å². The molecule has 0 aromatic carbocycles. The van der Waals surface area contributed by atoms with Gasteiger partial charge >= 0.3 is 6.18 Å². The predicted octanol–water partition coefficient (Wildman–Crippen LogP) is 4.06. The van der Waals surface area contributed by atoms with Crippen LogP contribution in [0.4, 0.5) is 24.1 Å². The largest absolute Gasteiger partial charge is 0.417 e. The quantitative estimate of drug-likeness (QED) is 0.864. The lowest BCUT2D eigenvalue weighted by Crippen LogP contribution is -2.11. The SMILES string of the molecule is CCNCc1csc(Nc2ncc(C(F)(F)F)cc2Cl)n1. The van der Waals surface area contributed by atoms with Gasteiger partial charge in [0.25, 0.3) is 0 Å². The van der Waals surface area contributed by atoms with Crippen molar-refractivity contribution in [3.8, 4) is 0 Å². The lowest BCUT2D eigenvalue weighted by atomic mass is 10.3. The number of hydrogen-bond donors (Lipinski definition) is 2. The van der Waals surface area contributed by atoms with E-state index in [-0.39, 0.29) is 10.8 Å². The molecule has 0 aliphatic heterocycles. The summed E-state index contributed by atoms with van der Waals surface area (Å²) in [5.74, 6) is 0.147. The minimum atomic E-state index is -4.46. The second kappa shape index (κ2) is 6.59. The van der Waals surface area contributed by atoms with Crippen LogP contribution < -0.4 is 10.6 Å². The smallest absolute Gasteiger partial charge is 0.315 e. The van der Waals surface area contributed by atoms with Crippen LogP contribution >= 0.6 is 22.9 Å². The molecule has 21 heavy (non-hydrogen) atoms. The second-order valence-corrected chi connectivity index (χ2v) is 5.37. The number of anilines is 2. The van der Waals surface area contributed by atoms with E-state index in [4.69, 9.17) is 11.6 Å². The van der Waals surface area contributed by atoms with Crippen LogP contribution in [0.15, 0.2) is 17.6 Å². The third kappa shape index (κ3) is 4.29. The van der Waals surface area contributed by atoms with Crippen molar-refractivity contribution in [2.75, 3.05) is 11.9 Å². The lowest BCUT2D eigenvalue weighted by Gasteiger charge is -2.09. The van der Waals surface area contributed by atoms with Crippen LogP contribution in [0.2, 0.25) is 5.02 Å². The summed E-state index contributed by atoms with van der Waals surface area (Å²) in [7, 11) is 0. The van der Waals surface area contributed by atoms with Gasteiger partial charge in [-0.2, -0.15) is 13.2 Å². The van der Waals surface area contributed by atoms with Crippen LogP contribution in [0.1, 0.15) is 18.2 Å². The van der Waals surface area contributed by atoms with Gasteiger partial charge in [0.15, 0.2) is 10.9 Å². The normalized spacial score (nSPS) is 11.7. The van der Waals surface area contributed by atoms with Gasteiger partial charge in [-0.1, -0.05) is 18.5 Å². The fourth-order valence-corrected chi connectivity index (χ4v) is 2.41. The fraction of sp³-hybridized carbons (Fsp3) is 0.333. The Morgan fingerprint density at radius 2 is 2.14 bits per heavy atom. The minimum Gasteiger partial charge on any atom is -0.315 e. The number of aromatic nitrogens is 2. The molecule has 0 atom stereocenters. The molecule has 0 amide bonds. The molecular weight excluding hydrogens is 325 g/mol. The van der Waals surface area contributed by atoms with Crippen LogP contribution in [0.5, 0.6) is 0 Å². The standard InChI is InChI=1S/C12H12ClF3N4S/c1-2-17-5-8-6-21-11(19-8)20-10-9(13)3-7(4-18-10)12(14,15)16/h3-4,6,17H,2,5H2,1H3,(H,18,19,20). The Hall–Kier alpha value is -1.38. The minimum absolute atomic E-state index is 0.103. The van der Waals surface area contributed by atoms with Gasteiger partial charge in [0.2, 0.25) is 0 Å². The van der Waals surface area contributed by atoms with E-state index in [0.717, 1.165) is 24.5 Å². The highest BCUT2D eigenvalue weighted by atomic mass is 35.5. The van der Waals surface area contributed by atoms with Crippen LogP contribution in [0, 0.1) is 0 Å². The number of pyridine rings is 1. The van der Waals surface area contributed by atoms with Crippen LogP contribution in [-0.2, 0) is 12.7 Å². The van der Waals surface area contributed by atoms with Crippen molar-refractivity contribution in [3.05, 3.63) is 33.9 Å². The molecule has 0 spiro atoms. The van der Waals surface area contributed by atoms with Gasteiger partial charge in [-0.05, 0) is 12.6 Å². The summed E-state index contributed by atoms with van der Waals surface area (Å²) in [6.07, 6.45) is -3.73. The van der Waals surface area contributed by atoms with Crippen molar-refractivity contribution in [1.29, 1.82) is 0 Å². The summed E-state index contributed by atoms with van der Waals surface area (Å²) in [6, 6.07) is 0.837. The fourth-order valence-electron chi connectivity index (χ4n) is 1.48. The first-order valence-electron chi connectivity index (χ1n) is 6.05. The van der Waals surface area contributed by atoms with E-state index in [1.807, 2.05) is 12.3 Å². The first kappa shape index (κ1) is 16.0. The van der Waals surface area contributed by atoms with Gasteiger partial charge in [0.05, 0.1) is 16.3 Å². The lowest BCUT2D eigenvalue weighted by molar-refractivity contribution is -0.137. The number of halogens is 4. The molecule has 2 aromatic rings. The zero-order valence-corrected chi connectivity index (χ0v) is 12.5. The first-order valence-corrected chi connectivity index (χ1v) is 7.30. The number of nitrogens with one attached hydrogen (secondary N) is 2. The summed E-state index contributed by atoms with van der Waals surface area (Å²) < 4.78 is 37.5. The van der Waals surface area contributed by atoms with Gasteiger partial charge in [0.1, 0.15) is 0 Å². The average molecular weight is 337 g/mol. The van der Waals surface area contributed by atoms with Crippen molar-refractivity contribution < 1.29 is 13.2 Å². The van der Waals surface area contributed by atoms with Crippen molar-refractivity contribution in [2.45, 2.75) is 19.6 Å². The van der Waals surface area contributed by atoms with Crippen molar-refractivity contribution in [3.63, 3.8) is 0 Å². The maximum Gasteiger partial charge on any atom is 0.417 e. The molecule has 0 aliphatic rings. The number of hydrogen-bond acceptors (Lipinski definition) is 5. The third-order valence-corrected chi connectivity index (χ3v) is 3.60. The molecule has 2 rings (SSSR count). The number of alkyl halides is 3. The molecule has 0 radical (unpaired) electrons. The molecule has 0 saturated heterocycles. The van der Waals surface area contributed by atoms with Gasteiger partial charge in [-0.15, -0.1) is 11.3 Å². The molecule has 4 nitrogen and oxygen atoms in total. The zero-order valence-electron chi connectivity index (χ0n) is 11.0. The second-order valence-electron chi connectivity index (χ2n) is 4.10. The summed E-state index contributed by atoms with van der Waals surface area (Å²) in [4.78, 5) is 7.98. The molecule has 0 aliphatic carbocycles. The summed E-state index contributed by atoms with van der Waals surface area (Å²) in [5, 5.41) is 8.22. The average Bonchev–Trinajstić information content (AvgIpc) is 2.85. The maximum absolute atomic E-state index is 12.5.